The number of rotatable bonds is 4. The summed E-state index contributed by atoms with van der Waals surface area (Å²) in [6.45, 7) is 0.531. The zero-order chi connectivity index (χ0) is 12.4. The van der Waals surface area contributed by atoms with E-state index in [4.69, 9.17) is 17.3 Å². The Morgan fingerprint density at radius 3 is 2.78 bits per heavy atom. The summed E-state index contributed by atoms with van der Waals surface area (Å²) in [6.07, 6.45) is 2.37. The third-order valence-electron chi connectivity index (χ3n) is 2.91. The second-order valence-electron chi connectivity index (χ2n) is 4.34. The first-order chi connectivity index (χ1) is 8.08. The second kappa shape index (κ2) is 6.75. The normalized spacial score (nSPS) is 15.7. The molecular weight excluding hydrogens is 339 g/mol. The largest absolute Gasteiger partial charge is 0.350 e. The number of nitrogens with two attached hydrogens (primary N) is 1. The Bertz CT molecular complexity index is 438. The number of hydrogen-bond donors (Lipinski definition) is 2. The van der Waals surface area contributed by atoms with Gasteiger partial charge in [0.1, 0.15) is 0 Å². The van der Waals surface area contributed by atoms with Gasteiger partial charge in [-0.15, -0.1) is 12.4 Å². The first-order valence-electron chi connectivity index (χ1n) is 5.57. The summed E-state index contributed by atoms with van der Waals surface area (Å²) < 4.78 is 0.721. The van der Waals surface area contributed by atoms with E-state index in [2.05, 4.69) is 21.2 Å². The van der Waals surface area contributed by atoms with Crippen molar-refractivity contribution in [1.29, 1.82) is 0 Å². The Labute approximate surface area is 126 Å². The summed E-state index contributed by atoms with van der Waals surface area (Å²) >= 11 is 9.16. The van der Waals surface area contributed by atoms with Gasteiger partial charge in [0, 0.05) is 22.6 Å². The highest BCUT2D eigenvalue weighted by atomic mass is 79.9. The predicted octanol–water partition coefficient (Wildman–Crippen LogP) is 2.99. The Kier molecular flexibility index (Phi) is 5.92. The van der Waals surface area contributed by atoms with E-state index in [1.807, 2.05) is 0 Å². The lowest BCUT2D eigenvalue weighted by atomic mass is 10.2. The highest BCUT2D eigenvalue weighted by molar-refractivity contribution is 9.10. The second-order valence-corrected chi connectivity index (χ2v) is 5.60. The zero-order valence-electron chi connectivity index (χ0n) is 9.66. The van der Waals surface area contributed by atoms with Gasteiger partial charge in [0.05, 0.1) is 5.02 Å². The Hall–Kier alpha value is -0.290. The van der Waals surface area contributed by atoms with Gasteiger partial charge in [-0.3, -0.25) is 4.79 Å². The summed E-state index contributed by atoms with van der Waals surface area (Å²) in [7, 11) is 0. The molecule has 1 unspecified atom stereocenters. The van der Waals surface area contributed by atoms with Gasteiger partial charge < -0.3 is 11.1 Å². The van der Waals surface area contributed by atoms with E-state index in [9.17, 15) is 4.79 Å². The third-order valence-corrected chi connectivity index (χ3v) is 4.12. The van der Waals surface area contributed by atoms with Crippen molar-refractivity contribution < 1.29 is 4.79 Å². The van der Waals surface area contributed by atoms with Crippen LogP contribution in [-0.4, -0.2) is 18.5 Å². The number of carbonyl (C=O) groups is 1. The van der Waals surface area contributed by atoms with E-state index >= 15 is 0 Å². The van der Waals surface area contributed by atoms with Crippen LogP contribution in [0.2, 0.25) is 5.02 Å². The summed E-state index contributed by atoms with van der Waals surface area (Å²) in [5.74, 6) is 0.478. The number of halogens is 3. The lowest BCUT2D eigenvalue weighted by molar-refractivity contribution is 0.0950. The van der Waals surface area contributed by atoms with Crippen LogP contribution in [0.1, 0.15) is 23.2 Å². The number of hydrogen-bond acceptors (Lipinski definition) is 2. The van der Waals surface area contributed by atoms with Crippen molar-refractivity contribution in [2.24, 2.45) is 11.7 Å². The number of amides is 1. The van der Waals surface area contributed by atoms with Crippen LogP contribution in [0.4, 0.5) is 0 Å². The molecule has 1 saturated carbocycles. The number of benzene rings is 1. The molecule has 1 fully saturated rings. The topological polar surface area (TPSA) is 55.1 Å². The van der Waals surface area contributed by atoms with Crippen LogP contribution in [0.3, 0.4) is 0 Å². The van der Waals surface area contributed by atoms with Gasteiger partial charge in [-0.25, -0.2) is 0 Å². The SMILES string of the molecule is Cl.NC(CNC(=O)c1ccc(Cl)c(Br)c1)C1CC1. The van der Waals surface area contributed by atoms with Crippen LogP contribution in [0.25, 0.3) is 0 Å². The fraction of sp³-hybridized carbons (Fsp3) is 0.417. The lowest BCUT2D eigenvalue weighted by Gasteiger charge is -2.11. The van der Waals surface area contributed by atoms with E-state index in [1.165, 1.54) is 12.8 Å². The molecule has 0 aliphatic heterocycles. The molecule has 1 aromatic rings. The van der Waals surface area contributed by atoms with E-state index in [0.29, 0.717) is 23.0 Å². The van der Waals surface area contributed by atoms with Crippen molar-refractivity contribution in [1.82, 2.24) is 5.32 Å². The van der Waals surface area contributed by atoms with Gasteiger partial charge in [-0.1, -0.05) is 11.6 Å². The van der Waals surface area contributed by atoms with Crippen LogP contribution in [0.15, 0.2) is 22.7 Å². The molecule has 0 aromatic heterocycles. The number of carbonyl (C=O) groups excluding carboxylic acids is 1. The van der Waals surface area contributed by atoms with Crippen LogP contribution in [0, 0.1) is 5.92 Å². The summed E-state index contributed by atoms with van der Waals surface area (Å²) in [4.78, 5) is 11.8. The highest BCUT2D eigenvalue weighted by Crippen LogP contribution is 2.31. The average Bonchev–Trinajstić information content (AvgIpc) is 3.13. The molecule has 1 aliphatic rings. The van der Waals surface area contributed by atoms with Crippen molar-refractivity contribution in [2.75, 3.05) is 6.54 Å². The molecule has 1 atom stereocenters. The fourth-order valence-corrected chi connectivity index (χ4v) is 2.14. The molecule has 6 heteroatoms. The van der Waals surface area contributed by atoms with Gasteiger partial charge in [0.2, 0.25) is 0 Å². The van der Waals surface area contributed by atoms with E-state index < -0.39 is 0 Å². The monoisotopic (exact) mass is 352 g/mol. The molecule has 0 heterocycles. The Balaban J connectivity index is 0.00000162. The van der Waals surface area contributed by atoms with Crippen molar-refractivity contribution in [3.8, 4) is 0 Å². The molecule has 1 aliphatic carbocycles. The smallest absolute Gasteiger partial charge is 0.251 e. The first kappa shape index (κ1) is 15.8. The van der Waals surface area contributed by atoms with Gasteiger partial charge in [-0.2, -0.15) is 0 Å². The number of nitrogens with one attached hydrogen (secondary N) is 1. The van der Waals surface area contributed by atoms with Crippen LogP contribution in [0.5, 0.6) is 0 Å². The Morgan fingerprint density at radius 2 is 2.22 bits per heavy atom. The van der Waals surface area contributed by atoms with Gasteiger partial charge in [-0.05, 0) is 52.9 Å². The molecule has 0 bridgehead atoms. The molecule has 1 amide bonds. The summed E-state index contributed by atoms with van der Waals surface area (Å²) in [5.41, 5.74) is 6.50. The van der Waals surface area contributed by atoms with Crippen LogP contribution < -0.4 is 11.1 Å². The molecule has 0 radical (unpaired) electrons. The van der Waals surface area contributed by atoms with Crippen molar-refractivity contribution >= 4 is 45.8 Å². The molecule has 0 spiro atoms. The maximum absolute atomic E-state index is 11.8. The fourth-order valence-electron chi connectivity index (χ4n) is 1.64. The minimum atomic E-state index is -0.113. The van der Waals surface area contributed by atoms with Crippen molar-refractivity contribution in [3.05, 3.63) is 33.3 Å². The molecule has 18 heavy (non-hydrogen) atoms. The minimum Gasteiger partial charge on any atom is -0.350 e. The molecule has 1 aromatic carbocycles. The summed E-state index contributed by atoms with van der Waals surface area (Å²) in [6, 6.07) is 5.18. The molecule has 0 saturated heterocycles. The van der Waals surface area contributed by atoms with Crippen LogP contribution in [-0.2, 0) is 0 Å². The third kappa shape index (κ3) is 4.12. The molecule has 2 rings (SSSR count). The van der Waals surface area contributed by atoms with Crippen LogP contribution >= 0.6 is 39.9 Å². The van der Waals surface area contributed by atoms with Crippen molar-refractivity contribution in [3.63, 3.8) is 0 Å². The highest BCUT2D eigenvalue weighted by Gasteiger charge is 2.28. The molecule has 3 nitrogen and oxygen atoms in total. The van der Waals surface area contributed by atoms with Gasteiger partial charge in [0.25, 0.3) is 5.91 Å². The molecule has 3 N–H and O–H groups in total. The Morgan fingerprint density at radius 1 is 1.56 bits per heavy atom. The quantitative estimate of drug-likeness (QED) is 0.874. The summed E-state index contributed by atoms with van der Waals surface area (Å²) in [5, 5.41) is 3.43. The van der Waals surface area contributed by atoms with Gasteiger partial charge in [0.15, 0.2) is 0 Å². The zero-order valence-corrected chi connectivity index (χ0v) is 12.8. The first-order valence-corrected chi connectivity index (χ1v) is 6.74. The van der Waals surface area contributed by atoms with E-state index in [-0.39, 0.29) is 24.4 Å². The van der Waals surface area contributed by atoms with E-state index in [1.54, 1.807) is 18.2 Å². The lowest BCUT2D eigenvalue weighted by Crippen LogP contribution is -2.38. The average molecular weight is 354 g/mol. The van der Waals surface area contributed by atoms with Crippen molar-refractivity contribution in [2.45, 2.75) is 18.9 Å². The minimum absolute atomic E-state index is 0. The van der Waals surface area contributed by atoms with E-state index in [0.717, 1.165) is 4.47 Å². The standard InChI is InChI=1S/C12H14BrClN2O.ClH/c13-9-5-8(3-4-10(9)14)12(17)16-6-11(15)7-1-2-7;/h3-5,7,11H,1-2,6,15H2,(H,16,17);1H. The van der Waals surface area contributed by atoms with Gasteiger partial charge >= 0.3 is 0 Å². The maximum Gasteiger partial charge on any atom is 0.251 e. The molecular formula is C12H15BrCl2N2O. The maximum atomic E-state index is 11.8. The molecule has 100 valence electrons. The predicted molar refractivity (Wildman–Crippen MR) is 79.4 cm³/mol.